The number of carbonyl (C=O) groups excluding carboxylic acids is 6. The van der Waals surface area contributed by atoms with Gasteiger partial charge in [-0.25, -0.2) is 14.4 Å². The van der Waals surface area contributed by atoms with Crippen LogP contribution in [0.3, 0.4) is 0 Å². The van der Waals surface area contributed by atoms with E-state index in [-0.39, 0.29) is 29.8 Å². The lowest BCUT2D eigenvalue weighted by Gasteiger charge is -2.41. The predicted molar refractivity (Wildman–Crippen MR) is 193 cm³/mol. The molecule has 3 aromatic rings. The molecule has 0 spiro atoms. The first-order valence-electron chi connectivity index (χ1n) is 17.1. The number of quaternary nitrogens is 1. The Hall–Kier alpha value is -5.27. The third kappa shape index (κ3) is 10.4. The van der Waals surface area contributed by atoms with Gasteiger partial charge in [0.25, 0.3) is 12.2 Å². The third-order valence-corrected chi connectivity index (χ3v) is 8.56. The molecular formula is C39H45ClN3O10+. The van der Waals surface area contributed by atoms with Gasteiger partial charge in [0.1, 0.15) is 11.1 Å². The first-order valence-corrected chi connectivity index (χ1v) is 17.5. The number of rotatable bonds is 8. The first-order chi connectivity index (χ1) is 24.9. The van der Waals surface area contributed by atoms with Gasteiger partial charge < -0.3 is 23.8 Å². The van der Waals surface area contributed by atoms with Gasteiger partial charge in [0.2, 0.25) is 0 Å². The lowest BCUT2D eigenvalue weighted by molar-refractivity contribution is -0.861. The summed E-state index contributed by atoms with van der Waals surface area (Å²) in [6.07, 6.45) is -2.84. The van der Waals surface area contributed by atoms with Gasteiger partial charge in [-0.1, -0.05) is 64.7 Å². The van der Waals surface area contributed by atoms with Gasteiger partial charge in [0, 0.05) is 29.2 Å². The smallest absolute Gasteiger partial charge is 0.453 e. The molecule has 13 nitrogen and oxygen atoms in total. The SMILES string of the molecule is CC(C)(C)OC(=O)N1CCC(C(=O)OCC(=O)OC(OC(=O)[N+](NC(=O)c2ccc(Cl)cc2)(C(=O)c2ccccc2)C(C)(C)C)c2ccccc2)CC1. The van der Waals surface area contributed by atoms with Gasteiger partial charge in [-0.3, -0.25) is 9.59 Å². The van der Waals surface area contributed by atoms with E-state index < -0.39 is 70.5 Å². The fraction of sp³-hybridized carbons (Fsp3) is 0.385. The number of piperidine rings is 1. The third-order valence-electron chi connectivity index (χ3n) is 8.31. The number of amides is 4. The summed E-state index contributed by atoms with van der Waals surface area (Å²) in [5.41, 5.74) is 0.995. The van der Waals surface area contributed by atoms with Crippen LogP contribution in [0.25, 0.3) is 0 Å². The molecule has 1 saturated heterocycles. The summed E-state index contributed by atoms with van der Waals surface area (Å²) in [5, 5.41) is 0.375. The average molecular weight is 751 g/mol. The van der Waals surface area contributed by atoms with E-state index in [0.717, 1.165) is 0 Å². The van der Waals surface area contributed by atoms with Crippen LogP contribution in [0.4, 0.5) is 9.59 Å². The lowest BCUT2D eigenvalue weighted by atomic mass is 9.97. The highest BCUT2D eigenvalue weighted by molar-refractivity contribution is 6.30. The highest BCUT2D eigenvalue weighted by atomic mass is 35.5. The van der Waals surface area contributed by atoms with Crippen LogP contribution >= 0.6 is 11.6 Å². The molecule has 4 rings (SSSR count). The molecule has 1 aliphatic heterocycles. The summed E-state index contributed by atoms with van der Waals surface area (Å²) in [5.74, 6) is -3.87. The Morgan fingerprint density at radius 3 is 1.91 bits per heavy atom. The fourth-order valence-corrected chi connectivity index (χ4v) is 5.61. The molecule has 0 aliphatic carbocycles. The van der Waals surface area contributed by atoms with Crippen molar-refractivity contribution in [3.05, 3.63) is 107 Å². The Kier molecular flexibility index (Phi) is 13.0. The first kappa shape index (κ1) is 40.5. The van der Waals surface area contributed by atoms with E-state index in [1.54, 1.807) is 77.9 Å². The van der Waals surface area contributed by atoms with Gasteiger partial charge in [0.05, 0.1) is 11.5 Å². The van der Waals surface area contributed by atoms with Gasteiger partial charge in [-0.15, -0.1) is 0 Å². The number of esters is 2. The van der Waals surface area contributed by atoms with Crippen LogP contribution in [-0.4, -0.2) is 76.3 Å². The lowest BCUT2D eigenvalue weighted by Crippen LogP contribution is -2.74. The largest absolute Gasteiger partial charge is 0.553 e. The molecule has 14 heteroatoms. The molecule has 53 heavy (non-hydrogen) atoms. The van der Waals surface area contributed by atoms with Gasteiger partial charge >= 0.3 is 30.0 Å². The second-order valence-electron chi connectivity index (χ2n) is 14.4. The summed E-state index contributed by atoms with van der Waals surface area (Å²) < 4.78 is 20.7. The molecule has 0 aromatic heterocycles. The molecule has 0 bridgehead atoms. The van der Waals surface area contributed by atoms with Crippen LogP contribution < -0.4 is 5.43 Å². The topological polar surface area (TPSA) is 155 Å². The van der Waals surface area contributed by atoms with Crippen LogP contribution in [0, 0.1) is 5.92 Å². The molecule has 2 atom stereocenters. The van der Waals surface area contributed by atoms with Crippen molar-refractivity contribution in [3.8, 4) is 0 Å². The summed E-state index contributed by atoms with van der Waals surface area (Å²) in [7, 11) is 0. The molecule has 1 aliphatic rings. The molecule has 0 saturated carbocycles. The van der Waals surface area contributed by atoms with Gasteiger partial charge in [-0.2, -0.15) is 10.2 Å². The Morgan fingerprint density at radius 2 is 1.36 bits per heavy atom. The highest BCUT2D eigenvalue weighted by Crippen LogP contribution is 2.31. The van der Waals surface area contributed by atoms with E-state index in [9.17, 15) is 28.8 Å². The monoisotopic (exact) mass is 750 g/mol. The molecule has 282 valence electrons. The molecule has 1 fully saturated rings. The van der Waals surface area contributed by atoms with Crippen molar-refractivity contribution in [2.24, 2.45) is 5.92 Å². The zero-order valence-corrected chi connectivity index (χ0v) is 31.4. The minimum absolute atomic E-state index is 0.0906. The van der Waals surface area contributed by atoms with E-state index in [2.05, 4.69) is 5.43 Å². The molecule has 1 N–H and O–H groups in total. The Morgan fingerprint density at radius 1 is 0.792 bits per heavy atom. The van der Waals surface area contributed by atoms with Crippen LogP contribution in [-0.2, 0) is 28.5 Å². The van der Waals surface area contributed by atoms with Gasteiger partial charge in [-0.05, 0) is 90.8 Å². The minimum atomic E-state index is -1.72. The van der Waals surface area contributed by atoms with Crippen molar-refractivity contribution in [2.45, 2.75) is 71.8 Å². The number of imide groups is 1. The molecule has 4 amide bonds. The number of benzene rings is 3. The number of nitrogens with one attached hydrogen (secondary N) is 1. The number of hydrogen-bond donors (Lipinski definition) is 1. The van der Waals surface area contributed by atoms with E-state index in [0.29, 0.717) is 17.9 Å². The number of carbonyl (C=O) groups is 6. The van der Waals surface area contributed by atoms with E-state index in [1.165, 1.54) is 53.4 Å². The highest BCUT2D eigenvalue weighted by Gasteiger charge is 2.59. The molecule has 1 heterocycles. The van der Waals surface area contributed by atoms with E-state index in [4.69, 9.17) is 30.5 Å². The second-order valence-corrected chi connectivity index (χ2v) is 14.9. The minimum Gasteiger partial charge on any atom is -0.453 e. The van der Waals surface area contributed by atoms with Crippen molar-refractivity contribution in [2.75, 3.05) is 19.7 Å². The normalized spacial score (nSPS) is 15.3. The zero-order chi connectivity index (χ0) is 39.0. The van der Waals surface area contributed by atoms with Crippen LogP contribution in [0.5, 0.6) is 0 Å². The molecule has 2 unspecified atom stereocenters. The average Bonchev–Trinajstić information content (AvgIpc) is 3.12. The summed E-state index contributed by atoms with van der Waals surface area (Å²) >= 11 is 6.02. The van der Waals surface area contributed by atoms with Crippen molar-refractivity contribution in [1.29, 1.82) is 0 Å². The fourth-order valence-electron chi connectivity index (χ4n) is 5.48. The molecule has 0 radical (unpaired) electrons. The summed E-state index contributed by atoms with van der Waals surface area (Å²) in [6.45, 7) is 9.74. The Labute approximate surface area is 313 Å². The number of halogens is 1. The van der Waals surface area contributed by atoms with Crippen molar-refractivity contribution in [3.63, 3.8) is 0 Å². The Bertz CT molecular complexity index is 1780. The summed E-state index contributed by atoms with van der Waals surface area (Å²) in [4.78, 5) is 82.6. The van der Waals surface area contributed by atoms with Crippen LogP contribution in [0.15, 0.2) is 84.9 Å². The maximum absolute atomic E-state index is 14.5. The molecule has 3 aromatic carbocycles. The zero-order valence-electron chi connectivity index (χ0n) is 30.6. The number of nitrogens with zero attached hydrogens (tertiary/aromatic N) is 2. The summed E-state index contributed by atoms with van der Waals surface area (Å²) in [6, 6.07) is 21.8. The van der Waals surface area contributed by atoms with Crippen molar-refractivity contribution >= 4 is 47.5 Å². The molecular weight excluding hydrogens is 706 g/mol. The number of hydrogen-bond acceptors (Lipinski definition) is 10. The van der Waals surface area contributed by atoms with Crippen molar-refractivity contribution < 1.29 is 52.3 Å². The standard InChI is InChI=1S/C39H44ClN3O10/c1-38(2,3)43(33(46)27-13-9-7-10-14-27,41-32(45)26-17-19-30(40)20-18-26)37(49)52-35(29-15-11-8-12-16-29)51-31(44)25-50-34(47)28-21-23-42(24-22-28)36(48)53-39(4,5)6/h7-20,28,35H,21-25H2,1-6H3/p+1. The Balaban J connectivity index is 1.54. The second kappa shape index (κ2) is 17.0. The number of ether oxygens (including phenoxy) is 4. The quantitative estimate of drug-likeness (QED) is 0.0836. The maximum Gasteiger partial charge on any atom is 0.553 e. The van der Waals surface area contributed by atoms with E-state index >= 15 is 0 Å². The van der Waals surface area contributed by atoms with Crippen LogP contribution in [0.2, 0.25) is 5.02 Å². The number of likely N-dealkylation sites (tertiary alicyclic amines) is 1. The maximum atomic E-state index is 14.5. The predicted octanol–water partition coefficient (Wildman–Crippen LogP) is 7.01. The van der Waals surface area contributed by atoms with Crippen molar-refractivity contribution in [1.82, 2.24) is 10.3 Å². The van der Waals surface area contributed by atoms with E-state index in [1.807, 2.05) is 0 Å². The van der Waals surface area contributed by atoms with Crippen LogP contribution in [0.1, 0.15) is 87.0 Å². The van der Waals surface area contributed by atoms with Gasteiger partial charge in [0.15, 0.2) is 6.61 Å².